The van der Waals surface area contributed by atoms with Gasteiger partial charge in [-0.15, -0.1) is 0 Å². The quantitative estimate of drug-likeness (QED) is 0.166. The molecule has 0 aliphatic heterocycles. The predicted molar refractivity (Wildman–Crippen MR) is 263 cm³/mol. The lowest BCUT2D eigenvalue weighted by Gasteiger charge is -2.29. The third-order valence-corrected chi connectivity index (χ3v) is 13.1. The lowest BCUT2D eigenvalue weighted by atomic mass is 9.81. The van der Waals surface area contributed by atoms with Crippen LogP contribution in [0.15, 0.2) is 182 Å². The van der Waals surface area contributed by atoms with E-state index in [1.807, 2.05) is 0 Å². The van der Waals surface area contributed by atoms with E-state index in [9.17, 15) is 0 Å². The SMILES string of the molecule is CC(C)(C)c1ccc(N(c2ccc3c(c2)C(C)(C)c2cc4cc(N(c5ccc(C(C)(C)C)cc5)c5ccc6ccccc6c5)ccc4cc2-3)c2ccc3ccccc3c2)cc1. The molecular weight excluding hydrogens is 737 g/mol. The highest BCUT2D eigenvalue weighted by molar-refractivity contribution is 5.98. The number of hydrogen-bond acceptors (Lipinski definition) is 2. The highest BCUT2D eigenvalue weighted by Crippen LogP contribution is 2.52. The van der Waals surface area contributed by atoms with E-state index in [-0.39, 0.29) is 16.2 Å². The van der Waals surface area contributed by atoms with E-state index in [1.165, 1.54) is 65.7 Å². The van der Waals surface area contributed by atoms with Gasteiger partial charge in [-0.25, -0.2) is 0 Å². The van der Waals surface area contributed by atoms with Crippen molar-refractivity contribution in [3.05, 3.63) is 204 Å². The average Bonchev–Trinajstić information content (AvgIpc) is 3.47. The van der Waals surface area contributed by atoms with E-state index in [4.69, 9.17) is 0 Å². The minimum absolute atomic E-state index is 0.0758. The Hall–Kier alpha value is -6.64. The summed E-state index contributed by atoms with van der Waals surface area (Å²) in [7, 11) is 0. The van der Waals surface area contributed by atoms with Crippen molar-refractivity contribution in [3.8, 4) is 11.1 Å². The van der Waals surface area contributed by atoms with Gasteiger partial charge in [0.15, 0.2) is 0 Å². The van der Waals surface area contributed by atoms with Crippen LogP contribution in [0.1, 0.15) is 77.6 Å². The van der Waals surface area contributed by atoms with Crippen LogP contribution >= 0.6 is 0 Å². The first kappa shape index (κ1) is 38.6. The fourth-order valence-electron chi connectivity index (χ4n) is 9.48. The molecule has 61 heavy (non-hydrogen) atoms. The second kappa shape index (κ2) is 14.2. The maximum absolute atomic E-state index is 2.46. The summed E-state index contributed by atoms with van der Waals surface area (Å²) in [5.41, 5.74) is 14.8. The maximum atomic E-state index is 2.46. The summed E-state index contributed by atoms with van der Waals surface area (Å²) < 4.78 is 0. The molecule has 0 fully saturated rings. The van der Waals surface area contributed by atoms with Gasteiger partial charge in [0.1, 0.15) is 0 Å². The molecule has 1 aliphatic rings. The fraction of sp³-hybridized carbons (Fsp3) is 0.186. The van der Waals surface area contributed by atoms with Gasteiger partial charge in [-0.2, -0.15) is 0 Å². The number of anilines is 6. The van der Waals surface area contributed by atoms with Crippen molar-refractivity contribution in [2.45, 2.75) is 71.6 Å². The van der Waals surface area contributed by atoms with Crippen molar-refractivity contribution >= 4 is 66.4 Å². The largest absolute Gasteiger partial charge is 0.310 e. The van der Waals surface area contributed by atoms with Crippen molar-refractivity contribution in [2.24, 2.45) is 0 Å². The van der Waals surface area contributed by atoms with Crippen molar-refractivity contribution in [1.82, 2.24) is 0 Å². The summed E-state index contributed by atoms with van der Waals surface area (Å²) in [5, 5.41) is 7.44. The molecule has 9 aromatic rings. The van der Waals surface area contributed by atoms with E-state index < -0.39 is 0 Å². The van der Waals surface area contributed by atoms with Crippen LogP contribution in [-0.2, 0) is 16.2 Å². The minimum Gasteiger partial charge on any atom is -0.310 e. The van der Waals surface area contributed by atoms with Gasteiger partial charge in [-0.1, -0.05) is 152 Å². The number of benzene rings is 9. The summed E-state index contributed by atoms with van der Waals surface area (Å²) in [6, 6.07) is 68.2. The molecule has 0 unspecified atom stereocenters. The molecule has 2 heteroatoms. The molecule has 0 saturated carbocycles. The molecule has 0 N–H and O–H groups in total. The monoisotopic (exact) mass is 790 g/mol. The molecule has 0 spiro atoms. The Morgan fingerprint density at radius 2 is 0.672 bits per heavy atom. The van der Waals surface area contributed by atoms with E-state index in [0.717, 1.165) is 34.1 Å². The summed E-state index contributed by atoms with van der Waals surface area (Å²) in [5.74, 6) is 0. The van der Waals surface area contributed by atoms with E-state index in [1.54, 1.807) is 0 Å². The van der Waals surface area contributed by atoms with E-state index in [0.29, 0.717) is 0 Å². The van der Waals surface area contributed by atoms with Gasteiger partial charge in [0.05, 0.1) is 0 Å². The topological polar surface area (TPSA) is 6.48 Å². The molecule has 0 aromatic heterocycles. The Morgan fingerprint density at radius 3 is 1.15 bits per heavy atom. The van der Waals surface area contributed by atoms with E-state index >= 15 is 0 Å². The second-order valence-corrected chi connectivity index (χ2v) is 19.6. The van der Waals surface area contributed by atoms with Crippen LogP contribution in [0, 0.1) is 0 Å². The molecule has 10 rings (SSSR count). The van der Waals surface area contributed by atoms with Gasteiger partial charge in [-0.05, 0) is 161 Å². The standard InChI is InChI=1S/C59H54N2/c1-57(2,3)45-20-27-47(28-21-45)60(49-24-17-39-13-9-11-15-41(39)33-49)51-26-19-43-36-54-53-32-31-52(38-56(53)59(7,8)55(54)37-44(43)35-51)61(48-29-22-46(23-30-48)58(4,5)6)50-25-18-40-14-10-12-16-42(40)34-50/h9-38H,1-8H3. The van der Waals surface area contributed by atoms with Crippen molar-refractivity contribution < 1.29 is 0 Å². The van der Waals surface area contributed by atoms with Gasteiger partial charge in [-0.3, -0.25) is 0 Å². The van der Waals surface area contributed by atoms with Gasteiger partial charge in [0, 0.05) is 39.5 Å². The van der Waals surface area contributed by atoms with Gasteiger partial charge < -0.3 is 9.80 Å². The Kier molecular flexibility index (Phi) is 9.00. The minimum atomic E-state index is -0.211. The van der Waals surface area contributed by atoms with Gasteiger partial charge >= 0.3 is 0 Å². The highest BCUT2D eigenvalue weighted by atomic mass is 15.1. The highest BCUT2D eigenvalue weighted by Gasteiger charge is 2.36. The lowest BCUT2D eigenvalue weighted by Crippen LogP contribution is -2.17. The Labute approximate surface area is 361 Å². The number of hydrogen-bond donors (Lipinski definition) is 0. The summed E-state index contributed by atoms with van der Waals surface area (Å²) >= 11 is 0. The zero-order valence-corrected chi connectivity index (χ0v) is 36.7. The molecule has 0 saturated heterocycles. The Morgan fingerprint density at radius 1 is 0.311 bits per heavy atom. The zero-order valence-electron chi connectivity index (χ0n) is 36.7. The van der Waals surface area contributed by atoms with Crippen LogP contribution in [0.5, 0.6) is 0 Å². The van der Waals surface area contributed by atoms with Crippen LogP contribution in [0.3, 0.4) is 0 Å². The normalized spacial score (nSPS) is 13.4. The van der Waals surface area contributed by atoms with Crippen molar-refractivity contribution in [3.63, 3.8) is 0 Å². The van der Waals surface area contributed by atoms with Crippen LogP contribution < -0.4 is 9.80 Å². The molecule has 0 bridgehead atoms. The third-order valence-electron chi connectivity index (χ3n) is 13.1. The first-order valence-corrected chi connectivity index (χ1v) is 21.7. The Bertz CT molecular complexity index is 3120. The maximum Gasteiger partial charge on any atom is 0.0468 e. The fourth-order valence-corrected chi connectivity index (χ4v) is 9.48. The number of fused-ring (bicyclic) bond motifs is 6. The van der Waals surface area contributed by atoms with Crippen LogP contribution in [0.25, 0.3) is 43.4 Å². The second-order valence-electron chi connectivity index (χ2n) is 19.6. The molecule has 0 heterocycles. The molecule has 0 amide bonds. The lowest BCUT2D eigenvalue weighted by molar-refractivity contribution is 0.590. The number of nitrogens with zero attached hydrogens (tertiary/aromatic N) is 2. The molecular formula is C59H54N2. The number of rotatable bonds is 6. The smallest absolute Gasteiger partial charge is 0.0468 e. The van der Waals surface area contributed by atoms with Crippen LogP contribution in [-0.4, -0.2) is 0 Å². The first-order chi connectivity index (χ1) is 29.2. The van der Waals surface area contributed by atoms with Crippen LogP contribution in [0.4, 0.5) is 34.1 Å². The third kappa shape index (κ3) is 6.85. The summed E-state index contributed by atoms with van der Waals surface area (Å²) in [6.45, 7) is 18.5. The predicted octanol–water partition coefficient (Wildman–Crippen LogP) is 17.0. The first-order valence-electron chi connectivity index (χ1n) is 21.7. The molecule has 300 valence electrons. The van der Waals surface area contributed by atoms with Crippen LogP contribution in [0.2, 0.25) is 0 Å². The molecule has 9 aromatic carbocycles. The van der Waals surface area contributed by atoms with E-state index in [2.05, 4.69) is 247 Å². The summed E-state index contributed by atoms with van der Waals surface area (Å²) in [4.78, 5) is 4.84. The Balaban J connectivity index is 1.07. The molecule has 0 radical (unpaired) electrons. The zero-order chi connectivity index (χ0) is 42.3. The summed E-state index contributed by atoms with van der Waals surface area (Å²) in [6.07, 6.45) is 0. The van der Waals surface area contributed by atoms with Crippen molar-refractivity contribution in [1.29, 1.82) is 0 Å². The van der Waals surface area contributed by atoms with Gasteiger partial charge in [0.2, 0.25) is 0 Å². The molecule has 2 nitrogen and oxygen atoms in total. The van der Waals surface area contributed by atoms with Crippen molar-refractivity contribution in [2.75, 3.05) is 9.80 Å². The average molecular weight is 791 g/mol. The van der Waals surface area contributed by atoms with Gasteiger partial charge in [0.25, 0.3) is 0 Å². The molecule has 1 aliphatic carbocycles. The molecule has 0 atom stereocenters.